The molecule has 1 rings (SSSR count). The summed E-state index contributed by atoms with van der Waals surface area (Å²) < 4.78 is 9.97. The average Bonchev–Trinajstić information content (AvgIpc) is 2.76. The quantitative estimate of drug-likeness (QED) is 0.774. The first-order valence-corrected chi connectivity index (χ1v) is 5.85. The number of hydrogen-bond acceptors (Lipinski definition) is 5. The Hall–Kier alpha value is -1.52. The number of nitrogens with zero attached hydrogens (tertiary/aromatic N) is 1. The van der Waals surface area contributed by atoms with Crippen LogP contribution in [0.4, 0.5) is 6.01 Å². The van der Waals surface area contributed by atoms with Crippen molar-refractivity contribution < 1.29 is 13.9 Å². The van der Waals surface area contributed by atoms with E-state index in [1.807, 2.05) is 0 Å². The minimum absolute atomic E-state index is 0.165. The zero-order valence-corrected chi connectivity index (χ0v) is 10.9. The molecule has 0 saturated carbocycles. The van der Waals surface area contributed by atoms with Crippen LogP contribution < -0.4 is 5.32 Å². The van der Waals surface area contributed by atoms with Crippen molar-refractivity contribution in [2.75, 3.05) is 18.5 Å². The predicted molar refractivity (Wildman–Crippen MR) is 65.0 cm³/mol. The first-order chi connectivity index (χ1) is 7.98. The summed E-state index contributed by atoms with van der Waals surface area (Å²) in [5, 5.41) is 3.07. The van der Waals surface area contributed by atoms with Crippen LogP contribution in [0.15, 0.2) is 10.7 Å². The molecule has 1 aromatic rings. The molecule has 0 bridgehead atoms. The van der Waals surface area contributed by atoms with Crippen molar-refractivity contribution >= 4 is 12.0 Å². The van der Waals surface area contributed by atoms with E-state index in [-0.39, 0.29) is 11.1 Å². The Balaban J connectivity index is 2.54. The summed E-state index contributed by atoms with van der Waals surface area (Å²) in [6.45, 7) is 9.25. The van der Waals surface area contributed by atoms with Crippen LogP contribution in [0, 0.1) is 5.41 Å². The minimum Gasteiger partial charge on any atom is -0.461 e. The fraction of sp³-hybridized carbons (Fsp3) is 0.667. The molecule has 0 aliphatic carbocycles. The van der Waals surface area contributed by atoms with Gasteiger partial charge in [0.15, 0.2) is 5.69 Å². The molecule has 1 aromatic heterocycles. The number of oxazole rings is 1. The van der Waals surface area contributed by atoms with Crippen molar-refractivity contribution in [3.8, 4) is 0 Å². The highest BCUT2D eigenvalue weighted by Crippen LogP contribution is 2.20. The molecule has 0 amide bonds. The van der Waals surface area contributed by atoms with Crippen LogP contribution in [0.3, 0.4) is 0 Å². The highest BCUT2D eigenvalue weighted by molar-refractivity contribution is 5.87. The number of nitrogens with one attached hydrogen (secondary N) is 1. The first kappa shape index (κ1) is 13.5. The van der Waals surface area contributed by atoms with Crippen molar-refractivity contribution in [3.05, 3.63) is 12.0 Å². The normalized spacial score (nSPS) is 11.3. The van der Waals surface area contributed by atoms with E-state index in [1.54, 1.807) is 6.92 Å². The highest BCUT2D eigenvalue weighted by atomic mass is 16.5. The maximum Gasteiger partial charge on any atom is 0.360 e. The predicted octanol–water partition coefficient (Wildman–Crippen LogP) is 2.70. The van der Waals surface area contributed by atoms with E-state index >= 15 is 0 Å². The summed E-state index contributed by atoms with van der Waals surface area (Å²) >= 11 is 0. The average molecular weight is 240 g/mol. The van der Waals surface area contributed by atoms with Gasteiger partial charge in [0.25, 0.3) is 6.01 Å². The Morgan fingerprint density at radius 3 is 2.82 bits per heavy atom. The van der Waals surface area contributed by atoms with E-state index in [0.29, 0.717) is 12.6 Å². The second-order valence-electron chi connectivity index (χ2n) is 4.63. The molecule has 0 saturated heterocycles. The zero-order chi connectivity index (χ0) is 12.9. The van der Waals surface area contributed by atoms with Gasteiger partial charge in [0.2, 0.25) is 0 Å². The molecule has 0 spiro atoms. The van der Waals surface area contributed by atoms with E-state index in [9.17, 15) is 4.79 Å². The SMILES string of the molecule is CCOC(=O)c1coc(NCC(C)(C)CC)n1. The maximum atomic E-state index is 11.3. The molecular weight excluding hydrogens is 220 g/mol. The van der Waals surface area contributed by atoms with Gasteiger partial charge in [-0.25, -0.2) is 4.79 Å². The Kier molecular flexibility index (Phi) is 4.54. The van der Waals surface area contributed by atoms with E-state index in [1.165, 1.54) is 6.26 Å². The fourth-order valence-electron chi connectivity index (χ4n) is 1.09. The molecule has 0 aromatic carbocycles. The maximum absolute atomic E-state index is 11.3. The largest absolute Gasteiger partial charge is 0.461 e. The number of rotatable bonds is 6. The Morgan fingerprint density at radius 1 is 1.53 bits per heavy atom. The molecule has 1 N–H and O–H groups in total. The van der Waals surface area contributed by atoms with Gasteiger partial charge in [0.05, 0.1) is 6.61 Å². The third-order valence-electron chi connectivity index (χ3n) is 2.66. The molecule has 0 unspecified atom stereocenters. The molecule has 0 radical (unpaired) electrons. The van der Waals surface area contributed by atoms with E-state index in [4.69, 9.17) is 9.15 Å². The van der Waals surface area contributed by atoms with Gasteiger partial charge in [0.1, 0.15) is 6.26 Å². The van der Waals surface area contributed by atoms with Crippen LogP contribution in [-0.4, -0.2) is 24.1 Å². The van der Waals surface area contributed by atoms with Crippen LogP contribution in [0.25, 0.3) is 0 Å². The first-order valence-electron chi connectivity index (χ1n) is 5.85. The Labute approximate surface area is 102 Å². The zero-order valence-electron chi connectivity index (χ0n) is 10.9. The van der Waals surface area contributed by atoms with Gasteiger partial charge in [-0.2, -0.15) is 4.98 Å². The lowest BCUT2D eigenvalue weighted by molar-refractivity contribution is 0.0519. The second-order valence-corrected chi connectivity index (χ2v) is 4.63. The molecule has 5 nitrogen and oxygen atoms in total. The number of carbonyl (C=O) groups excluding carboxylic acids is 1. The number of anilines is 1. The van der Waals surface area contributed by atoms with Crippen LogP contribution in [-0.2, 0) is 4.74 Å². The van der Waals surface area contributed by atoms with Crippen molar-refractivity contribution in [1.29, 1.82) is 0 Å². The van der Waals surface area contributed by atoms with Gasteiger partial charge >= 0.3 is 5.97 Å². The summed E-state index contributed by atoms with van der Waals surface area (Å²) in [7, 11) is 0. The Bertz CT molecular complexity index is 372. The van der Waals surface area contributed by atoms with Crippen molar-refractivity contribution in [1.82, 2.24) is 4.98 Å². The third kappa shape index (κ3) is 4.09. The fourth-order valence-corrected chi connectivity index (χ4v) is 1.09. The molecule has 0 fully saturated rings. The van der Waals surface area contributed by atoms with Gasteiger partial charge in [0, 0.05) is 6.54 Å². The molecule has 96 valence electrons. The van der Waals surface area contributed by atoms with Gasteiger partial charge < -0.3 is 14.5 Å². The smallest absolute Gasteiger partial charge is 0.360 e. The topological polar surface area (TPSA) is 64.4 Å². The number of esters is 1. The minimum atomic E-state index is -0.459. The summed E-state index contributed by atoms with van der Waals surface area (Å²) in [6.07, 6.45) is 2.35. The van der Waals surface area contributed by atoms with E-state index in [0.717, 1.165) is 13.0 Å². The second kappa shape index (κ2) is 5.70. The van der Waals surface area contributed by atoms with E-state index < -0.39 is 5.97 Å². The van der Waals surface area contributed by atoms with Gasteiger partial charge in [-0.3, -0.25) is 0 Å². The molecule has 0 aliphatic heterocycles. The summed E-state index contributed by atoms with van der Waals surface area (Å²) in [4.78, 5) is 15.4. The van der Waals surface area contributed by atoms with Crippen molar-refractivity contribution in [2.24, 2.45) is 5.41 Å². The molecule has 5 heteroatoms. The monoisotopic (exact) mass is 240 g/mol. The molecular formula is C12H20N2O3. The molecule has 17 heavy (non-hydrogen) atoms. The van der Waals surface area contributed by atoms with Crippen LogP contribution in [0.1, 0.15) is 44.6 Å². The van der Waals surface area contributed by atoms with Crippen molar-refractivity contribution in [2.45, 2.75) is 34.1 Å². The summed E-state index contributed by atoms with van der Waals surface area (Å²) in [5.41, 5.74) is 0.363. The number of hydrogen-bond donors (Lipinski definition) is 1. The van der Waals surface area contributed by atoms with Crippen molar-refractivity contribution in [3.63, 3.8) is 0 Å². The number of aromatic nitrogens is 1. The lowest BCUT2D eigenvalue weighted by Crippen LogP contribution is -2.22. The summed E-state index contributed by atoms with van der Waals surface area (Å²) in [5.74, 6) is -0.459. The highest BCUT2D eigenvalue weighted by Gasteiger charge is 2.17. The number of carbonyl (C=O) groups is 1. The standard InChI is InChI=1S/C12H20N2O3/c1-5-12(3,4)8-13-11-14-9(7-17-11)10(15)16-6-2/h7H,5-6,8H2,1-4H3,(H,13,14). The number of ether oxygens (including phenoxy) is 1. The lowest BCUT2D eigenvalue weighted by Gasteiger charge is -2.21. The van der Waals surface area contributed by atoms with Gasteiger partial charge in [-0.1, -0.05) is 20.8 Å². The van der Waals surface area contributed by atoms with Gasteiger partial charge in [-0.15, -0.1) is 0 Å². The molecule has 0 atom stereocenters. The lowest BCUT2D eigenvalue weighted by atomic mass is 9.90. The van der Waals surface area contributed by atoms with Crippen LogP contribution >= 0.6 is 0 Å². The molecule has 0 aliphatic rings. The van der Waals surface area contributed by atoms with Gasteiger partial charge in [-0.05, 0) is 18.8 Å². The summed E-state index contributed by atoms with van der Waals surface area (Å²) in [6, 6.07) is 0.356. The Morgan fingerprint density at radius 2 is 2.24 bits per heavy atom. The third-order valence-corrected chi connectivity index (χ3v) is 2.66. The van der Waals surface area contributed by atoms with E-state index in [2.05, 4.69) is 31.1 Å². The van der Waals surface area contributed by atoms with Crippen LogP contribution in [0.2, 0.25) is 0 Å². The molecule has 1 heterocycles. The van der Waals surface area contributed by atoms with Crippen LogP contribution in [0.5, 0.6) is 0 Å².